The highest BCUT2D eigenvalue weighted by atomic mass is 35.5. The maximum atomic E-state index is 14.6. The molecule has 2 aromatic carbocycles. The highest BCUT2D eigenvalue weighted by molar-refractivity contribution is 6.34. The van der Waals surface area contributed by atoms with Crippen molar-refractivity contribution >= 4 is 35.0 Å². The van der Waals surface area contributed by atoms with E-state index in [1.165, 1.54) is 49.2 Å². The molecule has 0 saturated carbocycles. The summed E-state index contributed by atoms with van der Waals surface area (Å²) in [5, 5.41) is 9.03. The minimum absolute atomic E-state index is 0.00792. The maximum Gasteiger partial charge on any atom is 0.291 e. The van der Waals surface area contributed by atoms with Crippen molar-refractivity contribution in [2.45, 2.75) is 18.9 Å². The van der Waals surface area contributed by atoms with Crippen molar-refractivity contribution < 1.29 is 27.9 Å². The Balaban J connectivity index is 1.23. The van der Waals surface area contributed by atoms with Gasteiger partial charge in [0.25, 0.3) is 11.8 Å². The molecule has 1 aromatic heterocycles. The van der Waals surface area contributed by atoms with Crippen LogP contribution >= 0.6 is 11.6 Å². The summed E-state index contributed by atoms with van der Waals surface area (Å²) in [6.45, 7) is 2.37. The van der Waals surface area contributed by atoms with Crippen LogP contribution in [-0.4, -0.2) is 71.5 Å². The van der Waals surface area contributed by atoms with Crippen molar-refractivity contribution in [2.24, 2.45) is 13.0 Å². The fourth-order valence-corrected chi connectivity index (χ4v) is 5.40. The fraction of sp³-hybridized carbons (Fsp3) is 0.357. The fourth-order valence-electron chi connectivity index (χ4n) is 5.14. The van der Waals surface area contributed by atoms with Crippen LogP contribution in [0.4, 0.5) is 14.5 Å². The van der Waals surface area contributed by atoms with Gasteiger partial charge in [0.15, 0.2) is 17.4 Å². The van der Waals surface area contributed by atoms with Crippen molar-refractivity contribution in [3.8, 4) is 17.0 Å². The summed E-state index contributed by atoms with van der Waals surface area (Å²) < 4.78 is 35.0. The van der Waals surface area contributed by atoms with E-state index in [1.54, 1.807) is 11.0 Å². The molecule has 0 bridgehead atoms. The van der Waals surface area contributed by atoms with Crippen molar-refractivity contribution in [3.05, 3.63) is 64.6 Å². The predicted octanol–water partition coefficient (Wildman–Crippen LogP) is 3.22. The van der Waals surface area contributed by atoms with Crippen molar-refractivity contribution in [2.75, 3.05) is 38.6 Å². The molecule has 216 valence electrons. The Morgan fingerprint density at radius 1 is 1.15 bits per heavy atom. The van der Waals surface area contributed by atoms with Crippen LogP contribution in [0, 0.1) is 17.6 Å². The number of imidazole rings is 1. The van der Waals surface area contributed by atoms with Gasteiger partial charge in [-0.1, -0.05) is 11.6 Å². The molecule has 2 atom stereocenters. The van der Waals surface area contributed by atoms with Crippen molar-refractivity contribution in [1.29, 1.82) is 0 Å². The molecule has 0 spiro atoms. The van der Waals surface area contributed by atoms with Crippen LogP contribution in [0.5, 0.6) is 5.75 Å². The molecule has 10 nitrogen and oxygen atoms in total. The van der Waals surface area contributed by atoms with Crippen LogP contribution in [0.2, 0.25) is 5.02 Å². The van der Waals surface area contributed by atoms with Crippen LogP contribution < -0.4 is 20.7 Å². The first-order chi connectivity index (χ1) is 19.7. The number of rotatable bonds is 7. The molecule has 41 heavy (non-hydrogen) atoms. The minimum atomic E-state index is -1.14. The van der Waals surface area contributed by atoms with Crippen LogP contribution in [0.1, 0.15) is 33.8 Å². The van der Waals surface area contributed by atoms with E-state index in [2.05, 4.69) is 20.9 Å². The van der Waals surface area contributed by atoms with Gasteiger partial charge in [-0.05, 0) is 49.7 Å². The van der Waals surface area contributed by atoms with Crippen LogP contribution in [0.3, 0.4) is 0 Å². The summed E-state index contributed by atoms with van der Waals surface area (Å²) in [5.41, 5.74) is 0.697. The number of hydrogen-bond donors (Lipinski definition) is 3. The Labute approximate surface area is 240 Å². The highest BCUT2D eigenvalue weighted by Gasteiger charge is 2.31. The van der Waals surface area contributed by atoms with E-state index in [0.717, 1.165) is 13.0 Å². The van der Waals surface area contributed by atoms with Gasteiger partial charge in [-0.2, -0.15) is 4.39 Å². The van der Waals surface area contributed by atoms with Crippen molar-refractivity contribution in [3.63, 3.8) is 0 Å². The third-order valence-electron chi connectivity index (χ3n) is 7.44. The average molecular weight is 587 g/mol. The Hall–Kier alpha value is -4.03. The standard InChI is InChI=1S/C28H29ClF2N6O4/c1-36-21(19-5-6-22(41-2)24(31)23(19)30)13-33-25(36)27(39)34-16-3-4-18(20(29)11-16)28(40)37-10-8-17(14-37)35-26(38)15-7-9-32-12-15/h3-6,11,13,15,17,32H,7-10,12,14H2,1-2H3,(H,34,39)(H,35,38)/t15-,17?/m1/s1. The molecule has 3 aromatic rings. The van der Waals surface area contributed by atoms with Gasteiger partial charge in [0.1, 0.15) is 0 Å². The van der Waals surface area contributed by atoms with E-state index in [9.17, 15) is 23.2 Å². The molecule has 2 aliphatic rings. The van der Waals surface area contributed by atoms with Crippen LogP contribution in [0.15, 0.2) is 36.5 Å². The molecular formula is C28H29ClF2N6O4. The normalized spacial score (nSPS) is 18.4. The monoisotopic (exact) mass is 586 g/mol. The molecule has 3 N–H and O–H groups in total. The lowest BCUT2D eigenvalue weighted by atomic mass is 10.1. The Bertz CT molecular complexity index is 1510. The maximum absolute atomic E-state index is 14.6. The smallest absolute Gasteiger partial charge is 0.291 e. The first kappa shape index (κ1) is 28.5. The first-order valence-corrected chi connectivity index (χ1v) is 13.5. The zero-order valence-electron chi connectivity index (χ0n) is 22.5. The second kappa shape index (κ2) is 11.8. The summed E-state index contributed by atoms with van der Waals surface area (Å²) >= 11 is 6.43. The molecule has 13 heteroatoms. The number of likely N-dealkylation sites (tertiary alicyclic amines) is 1. The highest BCUT2D eigenvalue weighted by Crippen LogP contribution is 2.30. The first-order valence-electron chi connectivity index (χ1n) is 13.1. The molecule has 3 amide bonds. The number of halogens is 3. The van der Waals surface area contributed by atoms with Gasteiger partial charge in [0, 0.05) is 44.0 Å². The molecule has 2 saturated heterocycles. The number of hydrogen-bond acceptors (Lipinski definition) is 6. The zero-order chi connectivity index (χ0) is 29.3. The number of aromatic nitrogens is 2. The second-order valence-electron chi connectivity index (χ2n) is 10.1. The summed E-state index contributed by atoms with van der Waals surface area (Å²) in [4.78, 5) is 44.2. The van der Waals surface area contributed by atoms with Gasteiger partial charge in [0.05, 0.1) is 35.5 Å². The van der Waals surface area contributed by atoms with Crippen molar-refractivity contribution in [1.82, 2.24) is 25.1 Å². The van der Waals surface area contributed by atoms with E-state index in [-0.39, 0.29) is 57.2 Å². The van der Waals surface area contributed by atoms with Crippen LogP contribution in [0.25, 0.3) is 11.3 Å². The number of benzene rings is 2. The summed E-state index contributed by atoms with van der Waals surface area (Å²) in [6, 6.07) is 7.04. The van der Waals surface area contributed by atoms with E-state index in [1.807, 2.05) is 0 Å². The minimum Gasteiger partial charge on any atom is -0.494 e. The quantitative estimate of drug-likeness (QED) is 0.391. The second-order valence-corrected chi connectivity index (χ2v) is 10.5. The Morgan fingerprint density at radius 3 is 2.66 bits per heavy atom. The van der Waals surface area contributed by atoms with Gasteiger partial charge in [-0.3, -0.25) is 14.4 Å². The lowest BCUT2D eigenvalue weighted by Crippen LogP contribution is -2.41. The SMILES string of the molecule is COc1ccc(-c2cnc(C(=O)Nc3ccc(C(=O)N4CCC(NC(=O)[C@@H]5CCNC5)C4)c(Cl)c3)n2C)c(F)c1F. The Morgan fingerprint density at radius 2 is 1.95 bits per heavy atom. The van der Waals surface area contributed by atoms with Gasteiger partial charge in [0.2, 0.25) is 11.7 Å². The molecule has 3 heterocycles. The van der Waals surface area contributed by atoms with Gasteiger partial charge in [-0.15, -0.1) is 0 Å². The third kappa shape index (κ3) is 5.75. The number of methoxy groups -OCH3 is 1. The number of carbonyl (C=O) groups is 3. The van der Waals surface area contributed by atoms with E-state index in [0.29, 0.717) is 31.7 Å². The van der Waals surface area contributed by atoms with E-state index < -0.39 is 17.5 Å². The number of nitrogens with one attached hydrogen (secondary N) is 3. The molecule has 0 aliphatic carbocycles. The lowest BCUT2D eigenvalue weighted by molar-refractivity contribution is -0.125. The third-order valence-corrected chi connectivity index (χ3v) is 7.76. The largest absolute Gasteiger partial charge is 0.494 e. The lowest BCUT2D eigenvalue weighted by Gasteiger charge is -2.19. The number of nitrogens with zero attached hydrogens (tertiary/aromatic N) is 3. The molecular weight excluding hydrogens is 558 g/mol. The number of carbonyl (C=O) groups excluding carboxylic acids is 3. The van der Waals surface area contributed by atoms with Gasteiger partial charge in [-0.25, -0.2) is 9.37 Å². The van der Waals surface area contributed by atoms with Crippen LogP contribution in [-0.2, 0) is 11.8 Å². The number of amides is 3. The molecule has 5 rings (SSSR count). The number of anilines is 1. The summed E-state index contributed by atoms with van der Waals surface area (Å²) in [6.07, 6.45) is 2.73. The number of ether oxygens (including phenoxy) is 1. The zero-order valence-corrected chi connectivity index (χ0v) is 23.2. The van der Waals surface area contributed by atoms with E-state index in [4.69, 9.17) is 16.3 Å². The average Bonchev–Trinajstić information content (AvgIpc) is 3.72. The molecule has 1 unspecified atom stereocenters. The van der Waals surface area contributed by atoms with Gasteiger partial charge >= 0.3 is 0 Å². The summed E-state index contributed by atoms with van der Waals surface area (Å²) in [5.74, 6) is -3.46. The summed E-state index contributed by atoms with van der Waals surface area (Å²) in [7, 11) is 2.74. The van der Waals surface area contributed by atoms with E-state index >= 15 is 0 Å². The molecule has 0 radical (unpaired) electrons. The van der Waals surface area contributed by atoms with Gasteiger partial charge < -0.3 is 30.2 Å². The topological polar surface area (TPSA) is 118 Å². The molecule has 2 fully saturated rings. The predicted molar refractivity (Wildman–Crippen MR) is 148 cm³/mol. The Kier molecular flexibility index (Phi) is 8.22. The molecule has 2 aliphatic heterocycles.